The third-order valence-electron chi connectivity index (χ3n) is 13.7. The largest absolute Gasteiger partial charge is 0.462 e. The van der Waals surface area contributed by atoms with Gasteiger partial charge >= 0.3 is 17.9 Å². The molecule has 0 spiro atoms. The molecule has 422 valence electrons. The molecule has 73 heavy (non-hydrogen) atoms. The molecule has 0 N–H and O–H groups in total. The minimum absolute atomic E-state index is 0.0737. The van der Waals surface area contributed by atoms with Crippen molar-refractivity contribution in [3.8, 4) is 0 Å². The van der Waals surface area contributed by atoms with Gasteiger partial charge in [0.25, 0.3) is 0 Å². The Labute approximate surface area is 453 Å². The molecule has 0 bridgehead atoms. The molecule has 0 heterocycles. The van der Waals surface area contributed by atoms with Gasteiger partial charge in [0.15, 0.2) is 6.10 Å². The van der Waals surface area contributed by atoms with Gasteiger partial charge in [-0.1, -0.05) is 280 Å². The summed E-state index contributed by atoms with van der Waals surface area (Å²) in [5.74, 6) is -0.873. The first kappa shape index (κ1) is 69.8. The van der Waals surface area contributed by atoms with Crippen molar-refractivity contribution >= 4 is 17.9 Å². The van der Waals surface area contributed by atoms with Crippen LogP contribution in [0.1, 0.15) is 316 Å². The van der Waals surface area contributed by atoms with E-state index in [-0.39, 0.29) is 31.1 Å². The van der Waals surface area contributed by atoms with E-state index in [1.807, 2.05) is 0 Å². The Hall–Kier alpha value is -3.15. The lowest BCUT2D eigenvalue weighted by Gasteiger charge is -2.18. The van der Waals surface area contributed by atoms with E-state index in [4.69, 9.17) is 14.2 Å². The summed E-state index contributed by atoms with van der Waals surface area (Å²) < 4.78 is 16.8. The molecule has 0 radical (unpaired) electrons. The van der Waals surface area contributed by atoms with Gasteiger partial charge < -0.3 is 14.2 Å². The fourth-order valence-corrected chi connectivity index (χ4v) is 9.00. The van der Waals surface area contributed by atoms with Crippen molar-refractivity contribution in [2.75, 3.05) is 13.2 Å². The molecule has 0 saturated heterocycles. The van der Waals surface area contributed by atoms with Crippen molar-refractivity contribution in [2.45, 2.75) is 322 Å². The van der Waals surface area contributed by atoms with Crippen LogP contribution in [-0.4, -0.2) is 37.2 Å². The summed E-state index contributed by atoms with van der Waals surface area (Å²) in [7, 11) is 0. The molecule has 0 amide bonds. The maximum Gasteiger partial charge on any atom is 0.306 e. The second kappa shape index (κ2) is 61.4. The van der Waals surface area contributed by atoms with Crippen molar-refractivity contribution in [1.29, 1.82) is 0 Å². The summed E-state index contributed by atoms with van der Waals surface area (Å²) in [5, 5.41) is 0. The average molecular weight is 1020 g/mol. The van der Waals surface area contributed by atoms with Crippen LogP contribution in [0.25, 0.3) is 0 Å². The number of allylic oxidation sites excluding steroid dienone is 12. The first-order valence-electron chi connectivity index (χ1n) is 31.4. The average Bonchev–Trinajstić information content (AvgIpc) is 3.39. The van der Waals surface area contributed by atoms with Gasteiger partial charge in [-0.3, -0.25) is 14.4 Å². The summed E-state index contributed by atoms with van der Waals surface area (Å²) in [6.07, 6.45) is 79.3. The van der Waals surface area contributed by atoms with Gasteiger partial charge in [0, 0.05) is 19.3 Å². The Kier molecular flexibility index (Phi) is 58.7. The smallest absolute Gasteiger partial charge is 0.306 e. The first-order valence-corrected chi connectivity index (χ1v) is 31.4. The first-order chi connectivity index (χ1) is 36.0. The topological polar surface area (TPSA) is 78.9 Å². The summed E-state index contributed by atoms with van der Waals surface area (Å²) in [6.45, 7) is 6.51. The molecule has 0 saturated carbocycles. The minimum atomic E-state index is -0.774. The van der Waals surface area contributed by atoms with Gasteiger partial charge in [0.05, 0.1) is 0 Å². The number of hydrogen-bond donors (Lipinski definition) is 0. The summed E-state index contributed by atoms with van der Waals surface area (Å²) in [6, 6.07) is 0. The molecule has 0 rings (SSSR count). The Morgan fingerprint density at radius 2 is 0.534 bits per heavy atom. The Morgan fingerprint density at radius 1 is 0.288 bits per heavy atom. The minimum Gasteiger partial charge on any atom is -0.462 e. The maximum absolute atomic E-state index is 12.8. The zero-order valence-corrected chi connectivity index (χ0v) is 48.4. The highest BCUT2D eigenvalue weighted by atomic mass is 16.6. The number of rotatable bonds is 57. The van der Waals surface area contributed by atoms with E-state index in [0.717, 1.165) is 96.3 Å². The molecule has 0 aliphatic heterocycles. The van der Waals surface area contributed by atoms with Gasteiger partial charge in [-0.25, -0.2) is 0 Å². The second-order valence-electron chi connectivity index (χ2n) is 20.9. The standard InChI is InChI=1S/C67H118O6/c1-4-7-10-13-16-19-21-23-24-25-26-27-28-29-30-31-32-33-34-35-36-37-38-39-40-41-42-44-45-48-51-54-57-60-66(69)72-63-64(62-71-65(68)59-56-53-50-47-18-15-12-9-6-3)73-67(70)61-58-55-52-49-46-43-22-20-17-14-11-8-5-2/h7,10,16,19-20,22-24,26-27,29-30,64H,4-6,8-9,11-15,17-18,21,25,28,31-63H2,1-3H3/b10-7-,19-16-,22-20-,24-23-,27-26-,30-29-. The molecule has 6 heteroatoms. The van der Waals surface area contributed by atoms with Crippen LogP contribution in [0.2, 0.25) is 0 Å². The van der Waals surface area contributed by atoms with E-state index in [1.165, 1.54) is 180 Å². The van der Waals surface area contributed by atoms with Crippen LogP contribution in [0.15, 0.2) is 72.9 Å². The lowest BCUT2D eigenvalue weighted by atomic mass is 10.0. The monoisotopic (exact) mass is 1020 g/mol. The maximum atomic E-state index is 12.8. The fourth-order valence-electron chi connectivity index (χ4n) is 9.00. The molecule has 1 unspecified atom stereocenters. The van der Waals surface area contributed by atoms with Crippen molar-refractivity contribution in [1.82, 2.24) is 0 Å². The SMILES string of the molecule is CC/C=C\C/C=C\C/C=C\C/C=C\C/C=C\CCCCCCCCCCCCCCCCCCCC(=O)OCC(COC(=O)CCCCCCCCCCC)OC(=O)CCCCCCC/C=C\CCCCCC. The Balaban J connectivity index is 4.03. The van der Waals surface area contributed by atoms with Gasteiger partial charge in [-0.2, -0.15) is 0 Å². The molecule has 0 aromatic rings. The Bertz CT molecular complexity index is 1360. The van der Waals surface area contributed by atoms with E-state index in [1.54, 1.807) is 0 Å². The lowest BCUT2D eigenvalue weighted by molar-refractivity contribution is -0.167. The predicted octanol–water partition coefficient (Wildman–Crippen LogP) is 21.3. The van der Waals surface area contributed by atoms with Crippen LogP contribution < -0.4 is 0 Å². The number of carbonyl (C=O) groups excluding carboxylic acids is 3. The third-order valence-corrected chi connectivity index (χ3v) is 13.7. The van der Waals surface area contributed by atoms with Gasteiger partial charge in [0.1, 0.15) is 13.2 Å². The van der Waals surface area contributed by atoms with Gasteiger partial charge in [-0.15, -0.1) is 0 Å². The molecule has 1 atom stereocenters. The number of esters is 3. The molecular formula is C67H118O6. The lowest BCUT2D eigenvalue weighted by Crippen LogP contribution is -2.30. The normalized spacial score (nSPS) is 12.5. The number of hydrogen-bond acceptors (Lipinski definition) is 6. The third kappa shape index (κ3) is 59.6. The summed E-state index contributed by atoms with van der Waals surface area (Å²) in [5.41, 5.74) is 0. The molecule has 0 aliphatic carbocycles. The van der Waals surface area contributed by atoms with Gasteiger partial charge in [-0.05, 0) is 89.9 Å². The van der Waals surface area contributed by atoms with E-state index in [0.29, 0.717) is 19.3 Å². The van der Waals surface area contributed by atoms with Crippen LogP contribution in [0.4, 0.5) is 0 Å². The van der Waals surface area contributed by atoms with Crippen LogP contribution in [0.5, 0.6) is 0 Å². The molecule has 0 aliphatic rings. The van der Waals surface area contributed by atoms with Crippen LogP contribution >= 0.6 is 0 Å². The van der Waals surface area contributed by atoms with Crippen molar-refractivity contribution in [3.05, 3.63) is 72.9 Å². The van der Waals surface area contributed by atoms with Gasteiger partial charge in [0.2, 0.25) is 0 Å². The highest BCUT2D eigenvalue weighted by Gasteiger charge is 2.19. The predicted molar refractivity (Wildman–Crippen MR) is 316 cm³/mol. The van der Waals surface area contributed by atoms with Crippen molar-refractivity contribution in [3.63, 3.8) is 0 Å². The number of carbonyl (C=O) groups is 3. The van der Waals surface area contributed by atoms with Crippen LogP contribution in [0.3, 0.4) is 0 Å². The van der Waals surface area contributed by atoms with Crippen molar-refractivity contribution in [2.24, 2.45) is 0 Å². The zero-order chi connectivity index (χ0) is 52.9. The van der Waals surface area contributed by atoms with Crippen molar-refractivity contribution < 1.29 is 28.6 Å². The van der Waals surface area contributed by atoms with E-state index in [9.17, 15) is 14.4 Å². The molecule has 0 aromatic carbocycles. The number of unbranched alkanes of at least 4 members (excludes halogenated alkanes) is 34. The van der Waals surface area contributed by atoms with E-state index < -0.39 is 6.10 Å². The molecule has 0 aromatic heterocycles. The van der Waals surface area contributed by atoms with E-state index >= 15 is 0 Å². The Morgan fingerprint density at radius 3 is 0.863 bits per heavy atom. The van der Waals surface area contributed by atoms with Crippen LogP contribution in [-0.2, 0) is 28.6 Å². The summed E-state index contributed by atoms with van der Waals surface area (Å²) >= 11 is 0. The zero-order valence-electron chi connectivity index (χ0n) is 48.4. The highest BCUT2D eigenvalue weighted by molar-refractivity contribution is 5.71. The molecule has 6 nitrogen and oxygen atoms in total. The van der Waals surface area contributed by atoms with Crippen LogP contribution in [0, 0.1) is 0 Å². The van der Waals surface area contributed by atoms with E-state index in [2.05, 4.69) is 93.7 Å². The molecule has 0 fully saturated rings. The second-order valence-corrected chi connectivity index (χ2v) is 20.9. The fraction of sp³-hybridized carbons (Fsp3) is 0.776. The molecular weight excluding hydrogens is 901 g/mol. The highest BCUT2D eigenvalue weighted by Crippen LogP contribution is 2.17. The quantitative estimate of drug-likeness (QED) is 0.0261. The number of ether oxygens (including phenoxy) is 3. The summed E-state index contributed by atoms with van der Waals surface area (Å²) in [4.78, 5) is 38.0.